The average Bonchev–Trinajstić information content (AvgIpc) is 3.59. The van der Waals surface area contributed by atoms with E-state index in [9.17, 15) is 0 Å². The molecule has 172 valence electrons. The first-order chi connectivity index (χ1) is 17.8. The van der Waals surface area contributed by atoms with Crippen molar-refractivity contribution in [3.8, 4) is 22.5 Å². The number of anilines is 2. The Morgan fingerprint density at radius 2 is 1.22 bits per heavy atom. The fourth-order valence-corrected chi connectivity index (χ4v) is 4.99. The molecule has 4 heteroatoms. The molecule has 4 nitrogen and oxygen atoms in total. The predicted octanol–water partition coefficient (Wildman–Crippen LogP) is 8.07. The Labute approximate surface area is 209 Å². The van der Waals surface area contributed by atoms with Gasteiger partial charge in [-0.2, -0.15) is 0 Å². The summed E-state index contributed by atoms with van der Waals surface area (Å²) in [4.78, 5) is 9.62. The Morgan fingerprint density at radius 1 is 0.556 bits per heavy atom. The number of furan rings is 1. The van der Waals surface area contributed by atoms with Crippen LogP contribution in [0, 0.1) is 0 Å². The van der Waals surface area contributed by atoms with Crippen molar-refractivity contribution in [3.05, 3.63) is 128 Å². The summed E-state index contributed by atoms with van der Waals surface area (Å²) in [6.45, 7) is 0.749. The normalized spacial score (nSPS) is 13.2. The van der Waals surface area contributed by atoms with Crippen LogP contribution in [-0.4, -0.2) is 11.7 Å². The van der Waals surface area contributed by atoms with E-state index < -0.39 is 0 Å². The van der Waals surface area contributed by atoms with Crippen LogP contribution in [0.25, 0.3) is 44.5 Å². The minimum Gasteiger partial charge on any atom is -0.455 e. The Bertz CT molecular complexity index is 1740. The van der Waals surface area contributed by atoms with Crippen molar-refractivity contribution >= 4 is 33.3 Å². The largest absolute Gasteiger partial charge is 0.455 e. The first kappa shape index (κ1) is 20.5. The zero-order chi connectivity index (χ0) is 23.9. The van der Waals surface area contributed by atoms with Crippen LogP contribution < -0.4 is 9.80 Å². The number of aromatic nitrogens is 1. The summed E-state index contributed by atoms with van der Waals surface area (Å²) in [5.41, 5.74) is 7.99. The molecule has 2 aromatic heterocycles. The maximum absolute atomic E-state index is 6.28. The number of nitrogens with zero attached hydrogens (tertiary/aromatic N) is 3. The quantitative estimate of drug-likeness (QED) is 0.263. The number of para-hydroxylation sites is 4. The fourth-order valence-electron chi connectivity index (χ4n) is 4.99. The highest BCUT2D eigenvalue weighted by Gasteiger charge is 2.19. The molecule has 4 aromatic carbocycles. The van der Waals surface area contributed by atoms with Gasteiger partial charge < -0.3 is 14.2 Å². The third-order valence-electron chi connectivity index (χ3n) is 6.74. The van der Waals surface area contributed by atoms with Crippen molar-refractivity contribution in [3.63, 3.8) is 0 Å². The zero-order valence-electron chi connectivity index (χ0n) is 19.6. The molecule has 0 fully saturated rings. The van der Waals surface area contributed by atoms with Gasteiger partial charge in [-0.15, -0.1) is 0 Å². The van der Waals surface area contributed by atoms with E-state index in [1.165, 1.54) is 5.69 Å². The maximum Gasteiger partial charge on any atom is 0.144 e. The highest BCUT2D eigenvalue weighted by atomic mass is 16.3. The van der Waals surface area contributed by atoms with Gasteiger partial charge in [0, 0.05) is 40.0 Å². The second-order valence-electron chi connectivity index (χ2n) is 8.92. The van der Waals surface area contributed by atoms with E-state index in [0.717, 1.165) is 56.8 Å². The van der Waals surface area contributed by atoms with Crippen LogP contribution in [0.4, 0.5) is 11.4 Å². The van der Waals surface area contributed by atoms with E-state index in [0.29, 0.717) is 0 Å². The van der Waals surface area contributed by atoms with E-state index in [4.69, 9.17) is 9.40 Å². The van der Waals surface area contributed by atoms with Gasteiger partial charge in [0.2, 0.25) is 0 Å². The van der Waals surface area contributed by atoms with Gasteiger partial charge in [-0.1, -0.05) is 72.8 Å². The summed E-state index contributed by atoms with van der Waals surface area (Å²) < 4.78 is 6.28. The Kier molecular flexibility index (Phi) is 4.81. The topological polar surface area (TPSA) is 32.5 Å². The summed E-state index contributed by atoms with van der Waals surface area (Å²) in [6.07, 6.45) is 4.25. The van der Waals surface area contributed by atoms with E-state index in [1.54, 1.807) is 0 Å². The summed E-state index contributed by atoms with van der Waals surface area (Å²) in [5.74, 6) is 0. The smallest absolute Gasteiger partial charge is 0.144 e. The molecule has 0 bridgehead atoms. The Hall–Kier alpha value is -4.83. The number of hydrogen-bond donors (Lipinski definition) is 0. The summed E-state index contributed by atoms with van der Waals surface area (Å²) >= 11 is 0. The molecule has 0 atom stereocenters. The molecule has 0 radical (unpaired) electrons. The third-order valence-corrected chi connectivity index (χ3v) is 6.74. The second-order valence-corrected chi connectivity index (χ2v) is 8.92. The van der Waals surface area contributed by atoms with Gasteiger partial charge in [0.15, 0.2) is 0 Å². The minimum absolute atomic E-state index is 0.749. The lowest BCUT2D eigenvalue weighted by molar-refractivity contribution is 0.670. The first-order valence-electron chi connectivity index (χ1n) is 12.1. The van der Waals surface area contributed by atoms with Crippen molar-refractivity contribution in [2.24, 2.45) is 0 Å². The average molecular weight is 466 g/mol. The SMILES string of the molecule is C1=CN(c2ccccc2-c2cccc(-c3cccc4c3oc3ccccc34)n2)CN1c1ccccc1. The lowest BCUT2D eigenvalue weighted by atomic mass is 10.0. The van der Waals surface area contributed by atoms with Gasteiger partial charge in [-0.3, -0.25) is 0 Å². The van der Waals surface area contributed by atoms with Crippen molar-refractivity contribution in [1.29, 1.82) is 0 Å². The van der Waals surface area contributed by atoms with Crippen molar-refractivity contribution in [1.82, 2.24) is 4.98 Å². The van der Waals surface area contributed by atoms with Gasteiger partial charge in [0.05, 0.1) is 23.7 Å². The van der Waals surface area contributed by atoms with E-state index in [1.807, 2.05) is 24.3 Å². The third kappa shape index (κ3) is 3.43. The summed E-state index contributed by atoms with van der Waals surface area (Å²) in [7, 11) is 0. The number of rotatable bonds is 4. The van der Waals surface area contributed by atoms with Gasteiger partial charge in [-0.25, -0.2) is 4.98 Å². The molecule has 0 N–H and O–H groups in total. The molecule has 6 aromatic rings. The van der Waals surface area contributed by atoms with Gasteiger partial charge in [-0.05, 0) is 42.5 Å². The van der Waals surface area contributed by atoms with Crippen LogP contribution in [0.1, 0.15) is 0 Å². The fraction of sp³-hybridized carbons (Fsp3) is 0.0312. The molecule has 7 rings (SSSR count). The zero-order valence-corrected chi connectivity index (χ0v) is 19.6. The molecule has 1 aliphatic heterocycles. The molecule has 0 unspecified atom stereocenters. The minimum atomic E-state index is 0.749. The molecule has 0 amide bonds. The summed E-state index contributed by atoms with van der Waals surface area (Å²) in [5, 5.41) is 2.23. The van der Waals surface area contributed by atoms with Crippen LogP contribution in [0.5, 0.6) is 0 Å². The number of hydrogen-bond acceptors (Lipinski definition) is 4. The highest BCUT2D eigenvalue weighted by Crippen LogP contribution is 2.37. The molecular formula is C32H23N3O. The number of pyridine rings is 1. The van der Waals surface area contributed by atoms with E-state index in [-0.39, 0.29) is 0 Å². The lowest BCUT2D eigenvalue weighted by Gasteiger charge is -2.23. The Morgan fingerprint density at radius 3 is 2.14 bits per heavy atom. The monoisotopic (exact) mass is 465 g/mol. The van der Waals surface area contributed by atoms with Crippen molar-refractivity contribution < 1.29 is 4.42 Å². The summed E-state index contributed by atoms with van der Waals surface area (Å²) in [6, 6.07) is 39.5. The van der Waals surface area contributed by atoms with Crippen LogP contribution in [0.15, 0.2) is 132 Å². The molecule has 3 heterocycles. The lowest BCUT2D eigenvalue weighted by Crippen LogP contribution is -2.24. The van der Waals surface area contributed by atoms with Gasteiger partial charge in [0.25, 0.3) is 0 Å². The van der Waals surface area contributed by atoms with Crippen LogP contribution >= 0.6 is 0 Å². The molecule has 36 heavy (non-hydrogen) atoms. The molecule has 0 saturated heterocycles. The second kappa shape index (κ2) is 8.43. The van der Waals surface area contributed by atoms with Crippen LogP contribution in [0.2, 0.25) is 0 Å². The molecule has 1 aliphatic rings. The van der Waals surface area contributed by atoms with Crippen molar-refractivity contribution in [2.75, 3.05) is 16.5 Å². The predicted molar refractivity (Wildman–Crippen MR) is 148 cm³/mol. The number of benzene rings is 4. The first-order valence-corrected chi connectivity index (χ1v) is 12.1. The van der Waals surface area contributed by atoms with Crippen molar-refractivity contribution in [2.45, 2.75) is 0 Å². The maximum atomic E-state index is 6.28. The molecule has 0 saturated carbocycles. The Balaban J connectivity index is 1.28. The van der Waals surface area contributed by atoms with Crippen LogP contribution in [0.3, 0.4) is 0 Å². The highest BCUT2D eigenvalue weighted by molar-refractivity contribution is 6.09. The van der Waals surface area contributed by atoms with E-state index >= 15 is 0 Å². The number of fused-ring (bicyclic) bond motifs is 3. The molecular weight excluding hydrogens is 442 g/mol. The van der Waals surface area contributed by atoms with Gasteiger partial charge in [0.1, 0.15) is 11.2 Å². The van der Waals surface area contributed by atoms with E-state index in [2.05, 4.69) is 113 Å². The van der Waals surface area contributed by atoms with Gasteiger partial charge >= 0.3 is 0 Å². The van der Waals surface area contributed by atoms with Crippen LogP contribution in [-0.2, 0) is 0 Å². The molecule has 0 aliphatic carbocycles. The standard InChI is InChI=1S/C32H23N3O/c1-2-10-23(11-3-1)34-20-21-35(22-34)30-18-6-4-13-26(30)28-16-9-17-29(33-28)27-15-8-14-25-24-12-5-7-19-31(24)36-32(25)27/h1-21H,22H2. The molecule has 0 spiro atoms.